The molecule has 0 aromatic heterocycles. The van der Waals surface area contributed by atoms with Gasteiger partial charge in [0.15, 0.2) is 0 Å². The third kappa shape index (κ3) is 1.55. The van der Waals surface area contributed by atoms with Gasteiger partial charge in [0.2, 0.25) is 0 Å². The van der Waals surface area contributed by atoms with Gasteiger partial charge >= 0.3 is 0 Å². The van der Waals surface area contributed by atoms with Gasteiger partial charge in [0.25, 0.3) is 0 Å². The molecule has 1 aliphatic rings. The molecule has 0 amide bonds. The van der Waals surface area contributed by atoms with Crippen molar-refractivity contribution in [2.24, 2.45) is 5.41 Å². The lowest BCUT2D eigenvalue weighted by molar-refractivity contribution is 0.0425. The Morgan fingerprint density at radius 3 is 2.44 bits per heavy atom. The zero-order chi connectivity index (χ0) is 6.91. The van der Waals surface area contributed by atoms with E-state index in [1.54, 1.807) is 0 Å². The third-order valence-electron chi connectivity index (χ3n) is 1.69. The van der Waals surface area contributed by atoms with E-state index in [2.05, 4.69) is 25.3 Å². The van der Waals surface area contributed by atoms with Crippen molar-refractivity contribution in [1.29, 1.82) is 0 Å². The standard InChI is InChI=1S/C8H15N/c1-4-5-9-6-8(2,3)7-9/h4H,1,5-7H2,2-3H3. The van der Waals surface area contributed by atoms with Crippen LogP contribution in [-0.2, 0) is 0 Å². The van der Waals surface area contributed by atoms with Crippen LogP contribution in [0.4, 0.5) is 0 Å². The minimum absolute atomic E-state index is 0.572. The Hall–Kier alpha value is -0.300. The van der Waals surface area contributed by atoms with Crippen LogP contribution in [0.15, 0.2) is 12.7 Å². The molecule has 1 heteroatoms. The molecule has 52 valence electrons. The van der Waals surface area contributed by atoms with Crippen LogP contribution in [0.5, 0.6) is 0 Å². The Morgan fingerprint density at radius 1 is 1.56 bits per heavy atom. The molecule has 0 spiro atoms. The Kier molecular flexibility index (Phi) is 1.62. The monoisotopic (exact) mass is 125 g/mol. The van der Waals surface area contributed by atoms with Gasteiger partial charge in [-0.25, -0.2) is 0 Å². The first-order valence-corrected chi connectivity index (χ1v) is 3.47. The molecule has 1 aliphatic heterocycles. The lowest BCUT2D eigenvalue weighted by Crippen LogP contribution is -2.52. The van der Waals surface area contributed by atoms with Crippen LogP contribution in [0.1, 0.15) is 13.8 Å². The average Bonchev–Trinajstić information content (AvgIpc) is 1.62. The number of hydrogen-bond acceptors (Lipinski definition) is 1. The van der Waals surface area contributed by atoms with Crippen molar-refractivity contribution >= 4 is 0 Å². The molecule has 0 unspecified atom stereocenters. The largest absolute Gasteiger partial charge is 0.299 e. The van der Waals surface area contributed by atoms with Gasteiger partial charge in [0.1, 0.15) is 0 Å². The van der Waals surface area contributed by atoms with Crippen molar-refractivity contribution < 1.29 is 0 Å². The van der Waals surface area contributed by atoms with Crippen LogP contribution in [0, 0.1) is 5.41 Å². The van der Waals surface area contributed by atoms with Crippen molar-refractivity contribution in [2.45, 2.75) is 13.8 Å². The molecule has 0 saturated carbocycles. The number of rotatable bonds is 2. The van der Waals surface area contributed by atoms with E-state index in [1.165, 1.54) is 13.1 Å². The van der Waals surface area contributed by atoms with Gasteiger partial charge in [-0.2, -0.15) is 0 Å². The molecule has 0 aromatic carbocycles. The first kappa shape index (κ1) is 6.81. The Morgan fingerprint density at radius 2 is 2.11 bits per heavy atom. The van der Waals surface area contributed by atoms with Crippen LogP contribution < -0.4 is 0 Å². The quantitative estimate of drug-likeness (QED) is 0.506. The molecule has 0 N–H and O–H groups in total. The predicted molar refractivity (Wildman–Crippen MR) is 40.4 cm³/mol. The maximum Gasteiger partial charge on any atom is 0.0161 e. The second kappa shape index (κ2) is 2.14. The summed E-state index contributed by atoms with van der Waals surface area (Å²) in [6.07, 6.45) is 1.97. The second-order valence-electron chi connectivity index (χ2n) is 3.62. The molecular weight excluding hydrogens is 110 g/mol. The molecular formula is C8H15N. The van der Waals surface area contributed by atoms with E-state index in [1.807, 2.05) is 6.08 Å². The van der Waals surface area contributed by atoms with Crippen molar-refractivity contribution in [3.63, 3.8) is 0 Å². The van der Waals surface area contributed by atoms with Gasteiger partial charge in [-0.15, -0.1) is 6.58 Å². The Balaban J connectivity index is 2.19. The normalized spacial score (nSPS) is 25.1. The van der Waals surface area contributed by atoms with Gasteiger partial charge in [0.05, 0.1) is 0 Å². The highest BCUT2D eigenvalue weighted by Gasteiger charge is 2.32. The number of nitrogens with zero attached hydrogens (tertiary/aromatic N) is 1. The molecule has 0 radical (unpaired) electrons. The van der Waals surface area contributed by atoms with E-state index in [0.717, 1.165) is 6.54 Å². The highest BCUT2D eigenvalue weighted by molar-refractivity contribution is 4.90. The minimum atomic E-state index is 0.572. The molecule has 0 atom stereocenters. The van der Waals surface area contributed by atoms with Crippen LogP contribution in [0.2, 0.25) is 0 Å². The summed E-state index contributed by atoms with van der Waals surface area (Å²) >= 11 is 0. The van der Waals surface area contributed by atoms with Crippen LogP contribution in [-0.4, -0.2) is 24.5 Å². The summed E-state index contributed by atoms with van der Waals surface area (Å²) < 4.78 is 0. The molecule has 0 aliphatic carbocycles. The summed E-state index contributed by atoms with van der Waals surface area (Å²) in [5, 5.41) is 0. The fourth-order valence-corrected chi connectivity index (χ4v) is 1.48. The first-order chi connectivity index (χ1) is 4.14. The summed E-state index contributed by atoms with van der Waals surface area (Å²) in [4.78, 5) is 2.40. The molecule has 1 rings (SSSR count). The van der Waals surface area contributed by atoms with E-state index >= 15 is 0 Å². The van der Waals surface area contributed by atoms with Gasteiger partial charge < -0.3 is 0 Å². The summed E-state index contributed by atoms with van der Waals surface area (Å²) in [6.45, 7) is 11.8. The van der Waals surface area contributed by atoms with Gasteiger partial charge in [-0.1, -0.05) is 19.9 Å². The average molecular weight is 125 g/mol. The minimum Gasteiger partial charge on any atom is -0.299 e. The summed E-state index contributed by atoms with van der Waals surface area (Å²) in [6, 6.07) is 0. The summed E-state index contributed by atoms with van der Waals surface area (Å²) in [5.41, 5.74) is 0.572. The van der Waals surface area contributed by atoms with E-state index in [9.17, 15) is 0 Å². The van der Waals surface area contributed by atoms with E-state index < -0.39 is 0 Å². The number of likely N-dealkylation sites (tertiary alicyclic amines) is 1. The van der Waals surface area contributed by atoms with Crippen molar-refractivity contribution in [2.75, 3.05) is 19.6 Å². The molecule has 0 bridgehead atoms. The van der Waals surface area contributed by atoms with Crippen molar-refractivity contribution in [3.05, 3.63) is 12.7 Å². The lowest BCUT2D eigenvalue weighted by Gasteiger charge is -2.45. The van der Waals surface area contributed by atoms with Gasteiger partial charge in [-0.05, 0) is 5.41 Å². The Bertz CT molecular complexity index is 108. The maximum absolute atomic E-state index is 3.69. The molecule has 1 heterocycles. The van der Waals surface area contributed by atoms with Crippen LogP contribution >= 0.6 is 0 Å². The Labute approximate surface area is 57.4 Å². The molecule has 9 heavy (non-hydrogen) atoms. The SMILES string of the molecule is C=CCN1CC(C)(C)C1. The number of hydrogen-bond donors (Lipinski definition) is 0. The van der Waals surface area contributed by atoms with Crippen LogP contribution in [0.3, 0.4) is 0 Å². The zero-order valence-corrected chi connectivity index (χ0v) is 6.35. The van der Waals surface area contributed by atoms with E-state index in [4.69, 9.17) is 0 Å². The summed E-state index contributed by atoms with van der Waals surface area (Å²) in [7, 11) is 0. The smallest absolute Gasteiger partial charge is 0.0161 e. The molecule has 1 fully saturated rings. The lowest BCUT2D eigenvalue weighted by atomic mass is 9.84. The second-order valence-corrected chi connectivity index (χ2v) is 3.62. The fraction of sp³-hybridized carbons (Fsp3) is 0.750. The fourth-order valence-electron chi connectivity index (χ4n) is 1.48. The first-order valence-electron chi connectivity index (χ1n) is 3.47. The van der Waals surface area contributed by atoms with E-state index in [-0.39, 0.29) is 0 Å². The predicted octanol–water partition coefficient (Wildman–Crippen LogP) is 1.51. The third-order valence-corrected chi connectivity index (χ3v) is 1.69. The maximum atomic E-state index is 3.69. The summed E-state index contributed by atoms with van der Waals surface area (Å²) in [5.74, 6) is 0. The highest BCUT2D eigenvalue weighted by atomic mass is 15.2. The molecule has 1 saturated heterocycles. The van der Waals surface area contributed by atoms with Crippen LogP contribution in [0.25, 0.3) is 0 Å². The van der Waals surface area contributed by atoms with Crippen molar-refractivity contribution in [3.8, 4) is 0 Å². The molecule has 1 nitrogen and oxygen atoms in total. The topological polar surface area (TPSA) is 3.24 Å². The van der Waals surface area contributed by atoms with Gasteiger partial charge in [-0.3, -0.25) is 4.90 Å². The van der Waals surface area contributed by atoms with E-state index in [0.29, 0.717) is 5.41 Å². The highest BCUT2D eigenvalue weighted by Crippen LogP contribution is 2.27. The molecule has 0 aromatic rings. The zero-order valence-electron chi connectivity index (χ0n) is 6.35. The van der Waals surface area contributed by atoms with Crippen molar-refractivity contribution in [1.82, 2.24) is 4.90 Å². The van der Waals surface area contributed by atoms with Gasteiger partial charge in [0, 0.05) is 19.6 Å².